The van der Waals surface area contributed by atoms with Gasteiger partial charge in [0.15, 0.2) is 0 Å². The number of ether oxygens (including phenoxy) is 9. The molecule has 0 aliphatic rings. The van der Waals surface area contributed by atoms with Crippen LogP contribution < -0.4 is 0 Å². The summed E-state index contributed by atoms with van der Waals surface area (Å²) in [6.07, 6.45) is 0. The van der Waals surface area contributed by atoms with E-state index < -0.39 is 11.9 Å². The Morgan fingerprint density at radius 1 is 0.395 bits per heavy atom. The van der Waals surface area contributed by atoms with Crippen LogP contribution in [0.4, 0.5) is 0 Å². The Bertz CT molecular complexity index is 555. The average molecular weight is 631 g/mol. The number of aliphatic hydroxyl groups is 2. The number of aliphatic hydroxyl groups excluding tert-OH is 2. The van der Waals surface area contributed by atoms with Gasteiger partial charge in [-0.25, -0.2) is 9.59 Å². The number of rotatable bonds is 30. The second-order valence-electron chi connectivity index (χ2n) is 8.13. The minimum atomic E-state index is -0.935. The molecule has 0 bridgehead atoms. The van der Waals surface area contributed by atoms with Gasteiger partial charge < -0.3 is 63.1 Å². The Hall–Kier alpha value is -2.02. The molecule has 0 aromatic carbocycles. The van der Waals surface area contributed by atoms with E-state index in [1.165, 1.54) is 13.8 Å². The molecule has 0 radical (unpaired) electrons. The highest BCUT2D eigenvalue weighted by molar-refractivity contribution is 5.85. The van der Waals surface area contributed by atoms with Gasteiger partial charge in [0.05, 0.1) is 132 Å². The van der Waals surface area contributed by atoms with E-state index >= 15 is 0 Å². The molecule has 256 valence electrons. The fourth-order valence-corrected chi connectivity index (χ4v) is 1.99. The first kappa shape index (κ1) is 45.4. The summed E-state index contributed by atoms with van der Waals surface area (Å²) in [5.41, 5.74) is 0.352. The number of aliphatic carboxylic acids is 2. The van der Waals surface area contributed by atoms with E-state index in [9.17, 15) is 9.59 Å². The zero-order chi connectivity index (χ0) is 32.8. The van der Waals surface area contributed by atoms with E-state index in [-0.39, 0.29) is 24.4 Å². The molecule has 0 atom stereocenters. The van der Waals surface area contributed by atoms with Crippen LogP contribution in [0.25, 0.3) is 0 Å². The molecule has 0 rings (SSSR count). The molecule has 4 N–H and O–H groups in total. The van der Waals surface area contributed by atoms with E-state index in [0.29, 0.717) is 119 Å². The maximum atomic E-state index is 9.60. The van der Waals surface area contributed by atoms with Crippen LogP contribution in [-0.4, -0.2) is 165 Å². The maximum absolute atomic E-state index is 9.60. The van der Waals surface area contributed by atoms with Crippen molar-refractivity contribution < 1.29 is 72.6 Å². The standard InChI is InChI=1S/C20H42O11.2C4H6O2/c21-1-3-23-5-7-25-9-11-27-13-15-29-17-19-31-20-18-30-16-14-28-12-10-26-8-6-24-4-2-22;2*1-3(2)4(5)6/h21-22H,1-20H2;2*1H2,2H3,(H,5,6). The zero-order valence-electron chi connectivity index (χ0n) is 25.8. The lowest BCUT2D eigenvalue weighted by atomic mass is 10.4. The predicted octanol–water partition coefficient (Wildman–Crippen LogP) is 0.415. The van der Waals surface area contributed by atoms with Gasteiger partial charge in [0.25, 0.3) is 0 Å². The predicted molar refractivity (Wildman–Crippen MR) is 156 cm³/mol. The topological polar surface area (TPSA) is 198 Å². The van der Waals surface area contributed by atoms with E-state index in [1.807, 2.05) is 0 Å². The third kappa shape index (κ3) is 49.9. The summed E-state index contributed by atoms with van der Waals surface area (Å²) in [7, 11) is 0. The van der Waals surface area contributed by atoms with Gasteiger partial charge in [-0.05, 0) is 13.8 Å². The Balaban J connectivity index is -0.00000111. The Morgan fingerprint density at radius 2 is 0.512 bits per heavy atom. The highest BCUT2D eigenvalue weighted by Crippen LogP contribution is 1.86. The summed E-state index contributed by atoms with van der Waals surface area (Å²) >= 11 is 0. The van der Waals surface area contributed by atoms with Crippen LogP contribution in [0.3, 0.4) is 0 Å². The van der Waals surface area contributed by atoms with Crippen LogP contribution in [0.2, 0.25) is 0 Å². The van der Waals surface area contributed by atoms with Crippen molar-refractivity contribution in [2.24, 2.45) is 0 Å². The van der Waals surface area contributed by atoms with Gasteiger partial charge in [-0.15, -0.1) is 0 Å². The molecule has 0 spiro atoms. The second-order valence-corrected chi connectivity index (χ2v) is 8.13. The van der Waals surface area contributed by atoms with Crippen molar-refractivity contribution in [3.63, 3.8) is 0 Å². The van der Waals surface area contributed by atoms with Gasteiger partial charge in [0, 0.05) is 11.1 Å². The molecule has 0 aliphatic carbocycles. The van der Waals surface area contributed by atoms with Gasteiger partial charge in [-0.2, -0.15) is 0 Å². The lowest BCUT2D eigenvalue weighted by molar-refractivity contribution is -0.133. The first-order chi connectivity index (χ1) is 20.7. The Labute approximate surface area is 255 Å². The number of hydrogen-bond acceptors (Lipinski definition) is 13. The summed E-state index contributed by atoms with van der Waals surface area (Å²) < 4.78 is 47.7. The van der Waals surface area contributed by atoms with Crippen molar-refractivity contribution in [2.45, 2.75) is 13.8 Å². The molecular formula is C28H54O15. The fourth-order valence-electron chi connectivity index (χ4n) is 1.99. The summed E-state index contributed by atoms with van der Waals surface area (Å²) in [5, 5.41) is 32.8. The number of carboxylic acid groups (broad SMARTS) is 2. The van der Waals surface area contributed by atoms with Gasteiger partial charge in [-0.3, -0.25) is 0 Å². The van der Waals surface area contributed by atoms with Crippen LogP contribution in [0.15, 0.2) is 24.3 Å². The van der Waals surface area contributed by atoms with Crippen molar-refractivity contribution >= 4 is 11.9 Å². The minimum Gasteiger partial charge on any atom is -0.478 e. The van der Waals surface area contributed by atoms with Crippen LogP contribution in [0, 0.1) is 0 Å². The van der Waals surface area contributed by atoms with E-state index in [2.05, 4.69) is 13.2 Å². The first-order valence-corrected chi connectivity index (χ1v) is 13.9. The molecule has 0 amide bonds. The monoisotopic (exact) mass is 630 g/mol. The van der Waals surface area contributed by atoms with Crippen LogP contribution in [-0.2, 0) is 52.2 Å². The lowest BCUT2D eigenvalue weighted by Gasteiger charge is -2.08. The Morgan fingerprint density at radius 3 is 0.605 bits per heavy atom. The van der Waals surface area contributed by atoms with Crippen LogP contribution in [0.5, 0.6) is 0 Å². The summed E-state index contributed by atoms with van der Waals surface area (Å²) in [5.74, 6) is -1.87. The van der Waals surface area contributed by atoms with Gasteiger partial charge in [0.2, 0.25) is 0 Å². The molecule has 0 heterocycles. The summed E-state index contributed by atoms with van der Waals surface area (Å²) in [6, 6.07) is 0. The molecule has 0 aliphatic heterocycles. The largest absolute Gasteiger partial charge is 0.478 e. The third-order valence-corrected chi connectivity index (χ3v) is 4.18. The van der Waals surface area contributed by atoms with Crippen molar-refractivity contribution in [2.75, 3.05) is 132 Å². The number of hydrogen-bond donors (Lipinski definition) is 4. The minimum absolute atomic E-state index is 0.0278. The van der Waals surface area contributed by atoms with Crippen molar-refractivity contribution in [3.05, 3.63) is 24.3 Å². The second kappa shape index (κ2) is 40.0. The number of carboxylic acids is 2. The van der Waals surface area contributed by atoms with E-state index in [0.717, 1.165) is 0 Å². The highest BCUT2D eigenvalue weighted by Gasteiger charge is 1.95. The molecule has 43 heavy (non-hydrogen) atoms. The average Bonchev–Trinajstić information content (AvgIpc) is 2.97. The molecule has 15 heteroatoms. The molecule has 0 unspecified atom stereocenters. The fraction of sp³-hybridized carbons (Fsp3) is 0.786. The first-order valence-electron chi connectivity index (χ1n) is 13.9. The van der Waals surface area contributed by atoms with Gasteiger partial charge >= 0.3 is 11.9 Å². The smallest absolute Gasteiger partial charge is 0.330 e. The van der Waals surface area contributed by atoms with Gasteiger partial charge in [-0.1, -0.05) is 13.2 Å². The summed E-state index contributed by atoms with van der Waals surface area (Å²) in [6.45, 7) is 18.0. The van der Waals surface area contributed by atoms with Crippen LogP contribution >= 0.6 is 0 Å². The SMILES string of the molecule is C=C(C)C(=O)O.C=C(C)C(=O)O.OCCOCCOCCOCCOCCOCCOCCOCCOCCOCCO. The van der Waals surface area contributed by atoms with Gasteiger partial charge in [0.1, 0.15) is 0 Å². The molecule has 15 nitrogen and oxygen atoms in total. The zero-order valence-corrected chi connectivity index (χ0v) is 25.8. The van der Waals surface area contributed by atoms with Crippen molar-refractivity contribution in [1.82, 2.24) is 0 Å². The third-order valence-electron chi connectivity index (χ3n) is 4.18. The molecule has 0 saturated carbocycles. The normalized spacial score (nSPS) is 10.3. The molecule has 0 fully saturated rings. The highest BCUT2D eigenvalue weighted by atomic mass is 16.6. The molecule has 0 saturated heterocycles. The van der Waals surface area contributed by atoms with Crippen molar-refractivity contribution in [1.29, 1.82) is 0 Å². The van der Waals surface area contributed by atoms with E-state index in [1.54, 1.807) is 0 Å². The molecular weight excluding hydrogens is 576 g/mol. The van der Waals surface area contributed by atoms with E-state index in [4.69, 9.17) is 63.1 Å². The summed E-state index contributed by atoms with van der Waals surface area (Å²) in [4.78, 5) is 19.2. The molecule has 0 aromatic rings. The maximum Gasteiger partial charge on any atom is 0.330 e. The van der Waals surface area contributed by atoms with Crippen LogP contribution in [0.1, 0.15) is 13.8 Å². The number of carbonyl (C=O) groups is 2. The lowest BCUT2D eigenvalue weighted by Crippen LogP contribution is -2.15. The van der Waals surface area contributed by atoms with Crippen molar-refractivity contribution in [3.8, 4) is 0 Å². The Kier molecular flexibility index (Phi) is 42.2. The quantitative estimate of drug-likeness (QED) is 0.0628. The molecule has 0 aromatic heterocycles.